The Labute approximate surface area is 184 Å². The van der Waals surface area contributed by atoms with Crippen LogP contribution in [-0.2, 0) is 22.9 Å². The molecule has 0 saturated carbocycles. The molecule has 0 aliphatic heterocycles. The van der Waals surface area contributed by atoms with Crippen LogP contribution in [0.1, 0.15) is 23.7 Å². The lowest BCUT2D eigenvalue weighted by molar-refractivity contribution is -0.0964. The van der Waals surface area contributed by atoms with E-state index in [1.807, 2.05) is 19.9 Å². The Kier molecular flexibility index (Phi) is 6.78. The average Bonchev–Trinajstić information content (AvgIpc) is 3.01. The van der Waals surface area contributed by atoms with Gasteiger partial charge in [0.1, 0.15) is 16.4 Å². The summed E-state index contributed by atoms with van der Waals surface area (Å²) in [6, 6.07) is 9.48. The van der Waals surface area contributed by atoms with Gasteiger partial charge in [0.2, 0.25) is 10.0 Å². The van der Waals surface area contributed by atoms with E-state index >= 15 is 0 Å². The van der Waals surface area contributed by atoms with E-state index in [1.54, 1.807) is 18.2 Å². The molecule has 0 unspecified atom stereocenters. The van der Waals surface area contributed by atoms with Crippen LogP contribution in [0.25, 0.3) is 10.9 Å². The van der Waals surface area contributed by atoms with E-state index in [1.165, 1.54) is 19.2 Å². The number of aryl methyl sites for hydroxylation is 2. The molecule has 1 heterocycles. The maximum absolute atomic E-state index is 13.0. The predicted molar refractivity (Wildman–Crippen MR) is 116 cm³/mol. The second kappa shape index (κ2) is 9.02. The molecule has 2 N–H and O–H groups in total. The highest BCUT2D eigenvalue weighted by atomic mass is 35.5. The number of rotatable bonds is 9. The lowest BCUT2D eigenvalue weighted by atomic mass is 10.1. The van der Waals surface area contributed by atoms with Crippen molar-refractivity contribution in [2.75, 3.05) is 13.7 Å². The van der Waals surface area contributed by atoms with Crippen LogP contribution < -0.4 is 14.2 Å². The van der Waals surface area contributed by atoms with Crippen molar-refractivity contribution in [3.05, 3.63) is 53.2 Å². The third-order valence-corrected chi connectivity index (χ3v) is 6.48. The zero-order valence-electron chi connectivity index (χ0n) is 17.3. The van der Waals surface area contributed by atoms with E-state index in [-0.39, 0.29) is 22.9 Å². The van der Waals surface area contributed by atoms with Gasteiger partial charge >= 0.3 is 5.57 Å². The summed E-state index contributed by atoms with van der Waals surface area (Å²) in [7, 11) is -2.40. The molecule has 0 aliphatic rings. The number of aromatic amines is 1. The van der Waals surface area contributed by atoms with Crippen molar-refractivity contribution in [2.45, 2.75) is 37.2 Å². The SMILES string of the molecule is CCc1ccc(OC)c(S(=O)(=O)NCCc2c(C)[nH]c3ccc(OC(F)(F)Cl)cc23)c1. The second-order valence-electron chi connectivity index (χ2n) is 6.97. The summed E-state index contributed by atoms with van der Waals surface area (Å²) in [4.78, 5) is 3.23. The Morgan fingerprint density at radius 3 is 2.58 bits per heavy atom. The number of halogens is 3. The Balaban J connectivity index is 1.81. The lowest BCUT2D eigenvalue weighted by Crippen LogP contribution is -2.26. The zero-order chi connectivity index (χ0) is 22.8. The third-order valence-electron chi connectivity index (χ3n) is 4.92. The first-order chi connectivity index (χ1) is 14.5. The van der Waals surface area contributed by atoms with Crippen molar-refractivity contribution < 1.29 is 26.7 Å². The minimum atomic E-state index is -3.82. The molecule has 0 saturated heterocycles. The van der Waals surface area contributed by atoms with Crippen molar-refractivity contribution >= 4 is 32.5 Å². The largest absolute Gasteiger partial charge is 0.495 e. The van der Waals surface area contributed by atoms with Gasteiger partial charge in [0.25, 0.3) is 0 Å². The van der Waals surface area contributed by atoms with E-state index in [2.05, 4.69) is 14.4 Å². The van der Waals surface area contributed by atoms with Gasteiger partial charge in [-0.2, -0.15) is 0 Å². The fraction of sp³-hybridized carbons (Fsp3) is 0.333. The summed E-state index contributed by atoms with van der Waals surface area (Å²) >= 11 is 4.85. The van der Waals surface area contributed by atoms with E-state index in [0.717, 1.165) is 22.3 Å². The van der Waals surface area contributed by atoms with Crippen molar-refractivity contribution in [3.8, 4) is 11.5 Å². The summed E-state index contributed by atoms with van der Waals surface area (Å²) in [6.07, 6.45) is 1.02. The van der Waals surface area contributed by atoms with Crippen LogP contribution >= 0.6 is 11.6 Å². The number of alkyl halides is 3. The summed E-state index contributed by atoms with van der Waals surface area (Å²) in [5.74, 6) is 0.172. The van der Waals surface area contributed by atoms with Crippen LogP contribution in [0.3, 0.4) is 0 Å². The molecule has 3 aromatic rings. The molecule has 1 aromatic heterocycles. The number of hydrogen-bond donors (Lipinski definition) is 2. The quantitative estimate of drug-likeness (QED) is 0.441. The summed E-state index contributed by atoms with van der Waals surface area (Å²) in [6.45, 7) is 3.87. The van der Waals surface area contributed by atoms with E-state index in [4.69, 9.17) is 16.3 Å². The number of H-pyrrole nitrogens is 1. The number of sulfonamides is 1. The first-order valence-corrected chi connectivity index (χ1v) is 11.4. The van der Waals surface area contributed by atoms with Gasteiger partial charge in [-0.05, 0) is 61.2 Å². The molecule has 0 aliphatic carbocycles. The number of methoxy groups -OCH3 is 1. The molecule has 0 amide bonds. The molecule has 0 fully saturated rings. The molecule has 2 aromatic carbocycles. The first-order valence-electron chi connectivity index (χ1n) is 9.57. The van der Waals surface area contributed by atoms with E-state index in [0.29, 0.717) is 18.2 Å². The molecule has 0 atom stereocenters. The van der Waals surface area contributed by atoms with Crippen LogP contribution in [0.15, 0.2) is 41.3 Å². The molecular formula is C21H23ClF2N2O4S. The van der Waals surface area contributed by atoms with Crippen LogP contribution in [0.2, 0.25) is 0 Å². The van der Waals surface area contributed by atoms with Gasteiger partial charge in [-0.25, -0.2) is 13.1 Å². The number of nitrogens with one attached hydrogen (secondary N) is 2. The van der Waals surface area contributed by atoms with Crippen molar-refractivity contribution in [2.24, 2.45) is 0 Å². The number of aromatic nitrogens is 1. The van der Waals surface area contributed by atoms with Crippen molar-refractivity contribution in [1.82, 2.24) is 9.71 Å². The lowest BCUT2D eigenvalue weighted by Gasteiger charge is -2.12. The smallest absolute Gasteiger partial charge is 0.487 e. The van der Waals surface area contributed by atoms with Gasteiger partial charge in [0.15, 0.2) is 0 Å². The van der Waals surface area contributed by atoms with Crippen LogP contribution in [0, 0.1) is 6.92 Å². The van der Waals surface area contributed by atoms with Gasteiger partial charge in [0.05, 0.1) is 7.11 Å². The van der Waals surface area contributed by atoms with E-state index in [9.17, 15) is 17.2 Å². The molecule has 6 nitrogen and oxygen atoms in total. The van der Waals surface area contributed by atoms with Crippen LogP contribution in [0.5, 0.6) is 11.5 Å². The van der Waals surface area contributed by atoms with Gasteiger partial charge in [0, 0.05) is 34.7 Å². The number of hydrogen-bond acceptors (Lipinski definition) is 4. The maximum Gasteiger partial charge on any atom is 0.487 e. The number of fused-ring (bicyclic) bond motifs is 1. The highest BCUT2D eigenvalue weighted by molar-refractivity contribution is 7.89. The second-order valence-corrected chi connectivity index (χ2v) is 9.15. The molecule has 10 heteroatoms. The fourth-order valence-electron chi connectivity index (χ4n) is 3.42. The van der Waals surface area contributed by atoms with Gasteiger partial charge in [-0.1, -0.05) is 13.0 Å². The Morgan fingerprint density at radius 1 is 1.19 bits per heavy atom. The standard InChI is InChI=1S/C21H23ClF2N2O4S/c1-4-14-5-8-19(29-3)20(11-14)31(27,28)25-10-9-16-13(2)26-18-7-6-15(12-17(16)18)30-21(22,23)24/h5-8,11-12,25-26H,4,9-10H2,1-3H3. The van der Waals surface area contributed by atoms with Crippen molar-refractivity contribution in [3.63, 3.8) is 0 Å². The van der Waals surface area contributed by atoms with Crippen LogP contribution in [0.4, 0.5) is 8.78 Å². The zero-order valence-corrected chi connectivity index (χ0v) is 18.8. The van der Waals surface area contributed by atoms with Gasteiger partial charge < -0.3 is 14.5 Å². The Hall–Kier alpha value is -2.36. The van der Waals surface area contributed by atoms with Crippen molar-refractivity contribution in [1.29, 1.82) is 0 Å². The number of ether oxygens (including phenoxy) is 2. The molecule has 0 spiro atoms. The summed E-state index contributed by atoms with van der Waals surface area (Å²) < 4.78 is 63.9. The average molecular weight is 473 g/mol. The molecular weight excluding hydrogens is 450 g/mol. The predicted octanol–water partition coefficient (Wildman–Crippen LogP) is 4.74. The molecule has 31 heavy (non-hydrogen) atoms. The minimum Gasteiger partial charge on any atom is -0.495 e. The first kappa shape index (κ1) is 23.3. The highest BCUT2D eigenvalue weighted by Gasteiger charge is 2.28. The van der Waals surface area contributed by atoms with Gasteiger partial charge in [-0.3, -0.25) is 0 Å². The summed E-state index contributed by atoms with van der Waals surface area (Å²) in [5.41, 5.74) is -0.638. The molecule has 168 valence electrons. The Morgan fingerprint density at radius 2 is 1.94 bits per heavy atom. The molecule has 0 bridgehead atoms. The molecule has 0 radical (unpaired) electrons. The minimum absolute atomic E-state index is 0.0741. The van der Waals surface area contributed by atoms with E-state index < -0.39 is 15.6 Å². The maximum atomic E-state index is 13.0. The fourth-order valence-corrected chi connectivity index (χ4v) is 4.76. The Bertz CT molecular complexity index is 1190. The molecule has 3 rings (SSSR count). The van der Waals surface area contributed by atoms with Crippen LogP contribution in [-0.4, -0.2) is 32.6 Å². The third kappa shape index (κ3) is 5.47. The highest BCUT2D eigenvalue weighted by Crippen LogP contribution is 2.31. The van der Waals surface area contributed by atoms with Gasteiger partial charge in [-0.15, -0.1) is 8.78 Å². The number of benzene rings is 2. The topological polar surface area (TPSA) is 80.4 Å². The monoisotopic (exact) mass is 472 g/mol. The normalized spacial score (nSPS) is 12.3. The summed E-state index contributed by atoms with van der Waals surface area (Å²) in [5, 5.41) is 0.653.